The van der Waals surface area contributed by atoms with E-state index in [1.54, 1.807) is 7.11 Å². The Kier molecular flexibility index (Phi) is 4.03. The minimum atomic E-state index is 0.305. The van der Waals surface area contributed by atoms with E-state index in [1.807, 2.05) is 31.2 Å². The summed E-state index contributed by atoms with van der Waals surface area (Å²) >= 11 is 0. The van der Waals surface area contributed by atoms with Gasteiger partial charge in [0.05, 0.1) is 18.5 Å². The van der Waals surface area contributed by atoms with Gasteiger partial charge in [-0.15, -0.1) is 0 Å². The molecule has 0 amide bonds. The Hall–Kier alpha value is -1.64. The number of benzene rings is 1. The first kappa shape index (κ1) is 11.4. The molecule has 0 saturated carbocycles. The zero-order valence-corrected chi connectivity index (χ0v) is 9.13. The fourth-order valence-corrected chi connectivity index (χ4v) is 1.31. The third-order valence-electron chi connectivity index (χ3n) is 2.18. The van der Waals surface area contributed by atoms with Gasteiger partial charge in [0, 0.05) is 5.56 Å². The second-order valence-electron chi connectivity index (χ2n) is 3.33. The van der Waals surface area contributed by atoms with Crippen LogP contribution >= 0.6 is 0 Å². The lowest BCUT2D eigenvalue weighted by atomic mass is 10.0. The second kappa shape index (κ2) is 5.29. The van der Waals surface area contributed by atoms with Crippen molar-refractivity contribution < 1.29 is 4.74 Å². The van der Waals surface area contributed by atoms with Crippen molar-refractivity contribution in [2.24, 2.45) is 0 Å². The highest BCUT2D eigenvalue weighted by Gasteiger charge is 2.06. The summed E-state index contributed by atoms with van der Waals surface area (Å²) in [6.45, 7) is 2.01. The Bertz CT molecular complexity index is 354. The number of rotatable bonds is 5. The monoisotopic (exact) mass is 204 g/mol. The highest BCUT2D eigenvalue weighted by Crippen LogP contribution is 2.12. The van der Waals surface area contributed by atoms with Gasteiger partial charge in [0.2, 0.25) is 0 Å². The normalized spacial score (nSPS) is 9.73. The predicted octanol–water partition coefficient (Wildman–Crippen LogP) is 2.88. The average Bonchev–Trinajstić information content (AvgIpc) is 2.28. The van der Waals surface area contributed by atoms with Crippen molar-refractivity contribution in [1.29, 1.82) is 10.8 Å². The van der Waals surface area contributed by atoms with Crippen LogP contribution < -0.4 is 4.74 Å². The molecule has 15 heavy (non-hydrogen) atoms. The molecule has 2 N–H and O–H groups in total. The van der Waals surface area contributed by atoms with Gasteiger partial charge in [-0.2, -0.15) is 0 Å². The first-order valence-corrected chi connectivity index (χ1v) is 4.99. The third kappa shape index (κ3) is 2.91. The molecule has 80 valence electrons. The minimum absolute atomic E-state index is 0.305. The zero-order chi connectivity index (χ0) is 11.3. The maximum atomic E-state index is 7.80. The molecule has 0 radical (unpaired) electrons. The predicted molar refractivity (Wildman–Crippen MR) is 62.5 cm³/mol. The van der Waals surface area contributed by atoms with Crippen molar-refractivity contribution in [3.8, 4) is 5.75 Å². The fraction of sp³-hybridized carbons (Fsp3) is 0.333. The lowest BCUT2D eigenvalue weighted by Crippen LogP contribution is -2.12. The summed E-state index contributed by atoms with van der Waals surface area (Å²) in [5.41, 5.74) is 1.47. The molecule has 1 aromatic rings. The van der Waals surface area contributed by atoms with Gasteiger partial charge in [-0.3, -0.25) is 5.41 Å². The maximum absolute atomic E-state index is 7.80. The molecule has 1 aromatic carbocycles. The van der Waals surface area contributed by atoms with Gasteiger partial charge in [0.1, 0.15) is 5.75 Å². The molecule has 0 aliphatic carbocycles. The van der Waals surface area contributed by atoms with Crippen molar-refractivity contribution in [3.63, 3.8) is 0 Å². The SMILES string of the molecule is CCCC(=N)C(=N)c1ccc(OC)cc1. The van der Waals surface area contributed by atoms with Gasteiger partial charge in [-0.05, 0) is 30.7 Å². The van der Waals surface area contributed by atoms with Crippen LogP contribution in [0.3, 0.4) is 0 Å². The quantitative estimate of drug-likeness (QED) is 0.712. The van der Waals surface area contributed by atoms with E-state index < -0.39 is 0 Å². The molecule has 0 saturated heterocycles. The van der Waals surface area contributed by atoms with E-state index in [-0.39, 0.29) is 0 Å². The van der Waals surface area contributed by atoms with Gasteiger partial charge in [-0.1, -0.05) is 13.3 Å². The van der Waals surface area contributed by atoms with E-state index in [0.717, 1.165) is 17.7 Å². The van der Waals surface area contributed by atoms with Crippen LogP contribution in [0.4, 0.5) is 0 Å². The number of methoxy groups -OCH3 is 1. The Morgan fingerprint density at radius 2 is 1.80 bits per heavy atom. The van der Waals surface area contributed by atoms with Gasteiger partial charge < -0.3 is 10.1 Å². The molecule has 0 aromatic heterocycles. The third-order valence-corrected chi connectivity index (χ3v) is 2.18. The standard InChI is InChI=1S/C12H16N2O/c1-3-4-11(13)12(14)9-5-7-10(15-2)8-6-9/h5-8,13-14H,3-4H2,1-2H3. The van der Waals surface area contributed by atoms with Crippen LogP contribution in [0.25, 0.3) is 0 Å². The smallest absolute Gasteiger partial charge is 0.118 e. The summed E-state index contributed by atoms with van der Waals surface area (Å²) in [4.78, 5) is 0. The summed E-state index contributed by atoms with van der Waals surface area (Å²) in [5, 5.41) is 15.5. The largest absolute Gasteiger partial charge is 0.497 e. The Balaban J connectivity index is 2.78. The van der Waals surface area contributed by atoms with Crippen molar-refractivity contribution in [2.45, 2.75) is 19.8 Å². The fourth-order valence-electron chi connectivity index (χ4n) is 1.31. The maximum Gasteiger partial charge on any atom is 0.118 e. The lowest BCUT2D eigenvalue weighted by molar-refractivity contribution is 0.415. The van der Waals surface area contributed by atoms with E-state index in [0.29, 0.717) is 17.8 Å². The number of hydrogen-bond acceptors (Lipinski definition) is 3. The molecule has 1 rings (SSSR count). The molecule has 0 bridgehead atoms. The van der Waals surface area contributed by atoms with E-state index in [1.165, 1.54) is 0 Å². The Morgan fingerprint density at radius 1 is 1.20 bits per heavy atom. The molecule has 3 heteroatoms. The van der Waals surface area contributed by atoms with Crippen LogP contribution in [0, 0.1) is 10.8 Å². The summed E-state index contributed by atoms with van der Waals surface area (Å²) in [6.07, 6.45) is 1.56. The van der Waals surface area contributed by atoms with E-state index in [2.05, 4.69) is 0 Å². The molecule has 3 nitrogen and oxygen atoms in total. The summed E-state index contributed by atoms with van der Waals surface area (Å²) < 4.78 is 5.03. The van der Waals surface area contributed by atoms with E-state index in [9.17, 15) is 0 Å². The zero-order valence-electron chi connectivity index (χ0n) is 9.13. The summed E-state index contributed by atoms with van der Waals surface area (Å²) in [7, 11) is 1.61. The number of nitrogens with one attached hydrogen (secondary N) is 2. The molecule has 0 aliphatic heterocycles. The molecular formula is C12H16N2O. The molecule has 0 atom stereocenters. The first-order chi connectivity index (χ1) is 7.19. The van der Waals surface area contributed by atoms with Crippen molar-refractivity contribution in [1.82, 2.24) is 0 Å². The van der Waals surface area contributed by atoms with Crippen LogP contribution in [0.2, 0.25) is 0 Å². The lowest BCUT2D eigenvalue weighted by Gasteiger charge is -2.06. The van der Waals surface area contributed by atoms with Crippen molar-refractivity contribution >= 4 is 11.4 Å². The molecule has 0 aliphatic rings. The first-order valence-electron chi connectivity index (χ1n) is 4.99. The molecule has 0 spiro atoms. The van der Waals surface area contributed by atoms with Gasteiger partial charge in [0.25, 0.3) is 0 Å². The van der Waals surface area contributed by atoms with Crippen molar-refractivity contribution in [3.05, 3.63) is 29.8 Å². The molecular weight excluding hydrogens is 188 g/mol. The minimum Gasteiger partial charge on any atom is -0.497 e. The van der Waals surface area contributed by atoms with Gasteiger partial charge >= 0.3 is 0 Å². The molecule has 0 unspecified atom stereocenters. The van der Waals surface area contributed by atoms with Gasteiger partial charge in [0.15, 0.2) is 0 Å². The highest BCUT2D eigenvalue weighted by molar-refractivity contribution is 6.46. The molecule has 0 fully saturated rings. The van der Waals surface area contributed by atoms with Crippen molar-refractivity contribution in [2.75, 3.05) is 7.11 Å². The van der Waals surface area contributed by atoms with Crippen LogP contribution in [-0.2, 0) is 0 Å². The van der Waals surface area contributed by atoms with Crippen LogP contribution in [0.5, 0.6) is 5.75 Å². The Labute approximate surface area is 90.1 Å². The average molecular weight is 204 g/mol. The number of ether oxygens (including phenoxy) is 1. The highest BCUT2D eigenvalue weighted by atomic mass is 16.5. The topological polar surface area (TPSA) is 56.9 Å². The van der Waals surface area contributed by atoms with Crippen LogP contribution in [0.1, 0.15) is 25.3 Å². The van der Waals surface area contributed by atoms with Gasteiger partial charge in [-0.25, -0.2) is 0 Å². The summed E-state index contributed by atoms with van der Waals surface area (Å²) in [6, 6.07) is 7.24. The second-order valence-corrected chi connectivity index (χ2v) is 3.33. The van der Waals surface area contributed by atoms with Crippen LogP contribution in [0.15, 0.2) is 24.3 Å². The summed E-state index contributed by atoms with van der Waals surface area (Å²) in [5.74, 6) is 0.772. The van der Waals surface area contributed by atoms with E-state index in [4.69, 9.17) is 15.6 Å². The van der Waals surface area contributed by atoms with E-state index >= 15 is 0 Å². The Morgan fingerprint density at radius 3 is 2.27 bits per heavy atom. The van der Waals surface area contributed by atoms with Crippen LogP contribution in [-0.4, -0.2) is 18.5 Å². The number of hydrogen-bond donors (Lipinski definition) is 2. The molecule has 0 heterocycles.